The molecule has 4 aromatic rings. The number of amides is 6. The number of rotatable bonds is 21. The number of imide groups is 2. The SMILES string of the molecule is CCS(=O)(=O)Nc1ccc(-c2[nH]nc(Nc3ccnc(OCCOCCOCCNC(=O)COc4cccc5c4C(=O)N(C4CCC(=O)NC4=O)C5=O)c3)c2C(N)=O)cc1. The zero-order chi connectivity index (χ0) is 42.8. The lowest BCUT2D eigenvalue weighted by Crippen LogP contribution is -2.54. The average molecular weight is 848 g/mol. The lowest BCUT2D eigenvalue weighted by Gasteiger charge is -2.27. The molecule has 0 spiro atoms. The maximum Gasteiger partial charge on any atom is 0.266 e. The van der Waals surface area contributed by atoms with Gasteiger partial charge in [-0.15, -0.1) is 0 Å². The molecule has 6 rings (SSSR count). The number of aromatic amines is 1. The van der Waals surface area contributed by atoms with Crippen molar-refractivity contribution in [1.29, 1.82) is 0 Å². The number of nitrogens with one attached hydrogen (secondary N) is 5. The van der Waals surface area contributed by atoms with Crippen LogP contribution in [0.1, 0.15) is 50.8 Å². The number of fused-ring (bicyclic) bond motifs is 1. The van der Waals surface area contributed by atoms with E-state index >= 15 is 0 Å². The molecule has 1 saturated heterocycles. The van der Waals surface area contributed by atoms with Crippen molar-refractivity contribution >= 4 is 62.7 Å². The number of nitrogens with two attached hydrogens (primary N) is 1. The van der Waals surface area contributed by atoms with E-state index in [2.05, 4.69) is 35.9 Å². The Bertz CT molecular complexity index is 2390. The highest BCUT2D eigenvalue weighted by atomic mass is 32.2. The molecular weight excluding hydrogens is 807 g/mol. The van der Waals surface area contributed by atoms with Crippen LogP contribution in [-0.4, -0.2) is 122 Å². The standard InChI is InChI=1S/C38H41N9O12S/c1-2-60(54,55)46-23-8-6-22(7-9-23)33-32(34(39)50)35(45-44-33)42-24-12-13-41-30(20-24)58-19-18-57-17-16-56-15-14-40-29(49)21-59-27-5-3-4-25-31(27)38(53)47(37(25)52)26-10-11-28(48)43-36(26)51/h3-9,12-13,20,26,46H,2,10-11,14-19,21H2,1H3,(H2,39,50)(H,40,49)(H,43,48,51)(H2,41,42,44,45). The molecule has 4 heterocycles. The molecule has 60 heavy (non-hydrogen) atoms. The van der Waals surface area contributed by atoms with Gasteiger partial charge in [0.05, 0.1) is 49.0 Å². The lowest BCUT2D eigenvalue weighted by molar-refractivity contribution is -0.136. The van der Waals surface area contributed by atoms with Gasteiger partial charge in [-0.25, -0.2) is 13.4 Å². The lowest BCUT2D eigenvalue weighted by atomic mass is 10.0. The van der Waals surface area contributed by atoms with Crippen LogP contribution in [0.2, 0.25) is 0 Å². The number of carbonyl (C=O) groups is 6. The van der Waals surface area contributed by atoms with E-state index in [1.165, 1.54) is 31.3 Å². The third kappa shape index (κ3) is 10.4. The molecule has 0 bridgehead atoms. The van der Waals surface area contributed by atoms with Crippen LogP contribution in [-0.2, 0) is 33.9 Å². The number of ether oxygens (including phenoxy) is 4. The van der Waals surface area contributed by atoms with Crippen LogP contribution in [0.5, 0.6) is 11.6 Å². The molecule has 1 atom stereocenters. The highest BCUT2D eigenvalue weighted by Crippen LogP contribution is 2.34. The molecule has 0 aliphatic carbocycles. The summed E-state index contributed by atoms with van der Waals surface area (Å²) in [6, 6.07) is 12.9. The van der Waals surface area contributed by atoms with Gasteiger partial charge in [-0.3, -0.25) is 48.8 Å². The number of nitrogens with zero attached hydrogens (tertiary/aromatic N) is 3. The van der Waals surface area contributed by atoms with Crippen molar-refractivity contribution in [2.24, 2.45) is 5.73 Å². The molecule has 22 heteroatoms. The second-order valence-corrected chi connectivity index (χ2v) is 15.1. The summed E-state index contributed by atoms with van der Waals surface area (Å²) in [6.45, 7) is 2.26. The number of hydrogen-bond acceptors (Lipinski definition) is 15. The minimum absolute atomic E-state index is 0.00937. The van der Waals surface area contributed by atoms with Gasteiger partial charge < -0.3 is 35.3 Å². The number of aromatic nitrogens is 3. The minimum atomic E-state index is -3.46. The predicted octanol–water partition coefficient (Wildman–Crippen LogP) is 1.08. The van der Waals surface area contributed by atoms with E-state index in [1.54, 1.807) is 36.4 Å². The van der Waals surface area contributed by atoms with Crippen LogP contribution in [0, 0.1) is 0 Å². The molecule has 0 saturated carbocycles. The summed E-state index contributed by atoms with van der Waals surface area (Å²) in [4.78, 5) is 79.9. The van der Waals surface area contributed by atoms with Gasteiger partial charge >= 0.3 is 0 Å². The highest BCUT2D eigenvalue weighted by Gasteiger charge is 2.46. The maximum atomic E-state index is 13.2. The van der Waals surface area contributed by atoms with Crippen LogP contribution in [0.15, 0.2) is 60.8 Å². The maximum absolute atomic E-state index is 13.2. The first-order chi connectivity index (χ1) is 28.8. The smallest absolute Gasteiger partial charge is 0.266 e. The zero-order valence-electron chi connectivity index (χ0n) is 32.1. The first kappa shape index (κ1) is 42.7. The quantitative estimate of drug-likeness (QED) is 0.0505. The van der Waals surface area contributed by atoms with Crippen molar-refractivity contribution in [2.75, 3.05) is 62.0 Å². The molecule has 2 aromatic carbocycles. The molecule has 7 N–H and O–H groups in total. The predicted molar refractivity (Wildman–Crippen MR) is 212 cm³/mol. The van der Waals surface area contributed by atoms with Crippen molar-refractivity contribution in [3.8, 4) is 22.9 Å². The van der Waals surface area contributed by atoms with Gasteiger partial charge in [-0.05, 0) is 43.7 Å². The topological polar surface area (TPSA) is 292 Å². The number of primary amides is 1. The number of hydrogen-bond donors (Lipinski definition) is 6. The number of pyridine rings is 1. The van der Waals surface area contributed by atoms with Crippen molar-refractivity contribution < 1.29 is 56.1 Å². The first-order valence-corrected chi connectivity index (χ1v) is 20.2. The van der Waals surface area contributed by atoms with Crippen molar-refractivity contribution in [3.05, 3.63) is 77.5 Å². The molecule has 1 unspecified atom stereocenters. The van der Waals surface area contributed by atoms with Crippen molar-refractivity contribution in [3.63, 3.8) is 0 Å². The Morgan fingerprint density at radius 3 is 2.42 bits per heavy atom. The molecular formula is C38H41N9O12S. The monoisotopic (exact) mass is 847 g/mol. The molecule has 0 radical (unpaired) electrons. The van der Waals surface area contributed by atoms with E-state index in [0.717, 1.165) is 4.90 Å². The summed E-state index contributed by atoms with van der Waals surface area (Å²) < 4.78 is 48.5. The van der Waals surface area contributed by atoms with Gasteiger partial charge in [0, 0.05) is 42.2 Å². The fourth-order valence-corrected chi connectivity index (χ4v) is 6.77. The zero-order valence-corrected chi connectivity index (χ0v) is 33.0. The normalized spacial score (nSPS) is 15.0. The third-order valence-corrected chi connectivity index (χ3v) is 10.4. The van der Waals surface area contributed by atoms with Gasteiger partial charge in [0.2, 0.25) is 27.7 Å². The fraction of sp³-hybridized carbons (Fsp3) is 0.316. The number of sulfonamides is 1. The Morgan fingerprint density at radius 2 is 1.68 bits per heavy atom. The Hall–Kier alpha value is -6.91. The molecule has 1 fully saturated rings. The van der Waals surface area contributed by atoms with E-state index in [0.29, 0.717) is 22.6 Å². The molecule has 316 valence electrons. The minimum Gasteiger partial charge on any atom is -0.483 e. The van der Waals surface area contributed by atoms with Gasteiger partial charge in [0.1, 0.15) is 24.0 Å². The van der Waals surface area contributed by atoms with Gasteiger partial charge in [-0.1, -0.05) is 18.2 Å². The van der Waals surface area contributed by atoms with Crippen LogP contribution >= 0.6 is 0 Å². The summed E-state index contributed by atoms with van der Waals surface area (Å²) in [6.07, 6.45) is 1.51. The van der Waals surface area contributed by atoms with E-state index in [9.17, 15) is 37.2 Å². The van der Waals surface area contributed by atoms with Crippen molar-refractivity contribution in [2.45, 2.75) is 25.8 Å². The Labute approximate surface area is 342 Å². The highest BCUT2D eigenvalue weighted by molar-refractivity contribution is 7.92. The van der Waals surface area contributed by atoms with E-state index < -0.39 is 58.1 Å². The second-order valence-electron chi connectivity index (χ2n) is 13.1. The third-order valence-electron chi connectivity index (χ3n) is 9.04. The first-order valence-electron chi connectivity index (χ1n) is 18.6. The van der Waals surface area contributed by atoms with Gasteiger partial charge in [0.25, 0.3) is 23.6 Å². The number of benzene rings is 2. The summed E-state index contributed by atoms with van der Waals surface area (Å²) in [7, 11) is -3.46. The van der Waals surface area contributed by atoms with E-state index in [1.807, 2.05) is 0 Å². The number of H-pyrrole nitrogens is 1. The molecule has 2 aliphatic heterocycles. The summed E-state index contributed by atoms with van der Waals surface area (Å²) in [5.41, 5.74) is 7.54. The van der Waals surface area contributed by atoms with Crippen LogP contribution in [0.3, 0.4) is 0 Å². The van der Waals surface area contributed by atoms with E-state index in [-0.39, 0.29) is 92.3 Å². The molecule has 2 aromatic heterocycles. The fourth-order valence-electron chi connectivity index (χ4n) is 6.13. The number of piperidine rings is 1. The van der Waals surface area contributed by atoms with E-state index in [4.69, 9.17) is 24.7 Å². The largest absolute Gasteiger partial charge is 0.483 e. The van der Waals surface area contributed by atoms with Gasteiger partial charge in [-0.2, -0.15) is 5.10 Å². The average Bonchev–Trinajstić information content (AvgIpc) is 3.76. The van der Waals surface area contributed by atoms with Crippen LogP contribution in [0.25, 0.3) is 11.3 Å². The Balaban J connectivity index is 0.865. The molecule has 2 aliphatic rings. The Morgan fingerprint density at radius 1 is 0.933 bits per heavy atom. The van der Waals surface area contributed by atoms with Crippen molar-refractivity contribution in [1.82, 2.24) is 30.7 Å². The molecule has 6 amide bonds. The Kier molecular flexibility index (Phi) is 13.7. The molecule has 21 nitrogen and oxygen atoms in total. The summed E-state index contributed by atoms with van der Waals surface area (Å²) in [5.74, 6) is -3.50. The summed E-state index contributed by atoms with van der Waals surface area (Å²) >= 11 is 0. The van der Waals surface area contributed by atoms with Gasteiger partial charge in [0.15, 0.2) is 12.4 Å². The van der Waals surface area contributed by atoms with Crippen LogP contribution in [0.4, 0.5) is 17.2 Å². The number of anilines is 3. The van der Waals surface area contributed by atoms with Crippen LogP contribution < -0.4 is 35.9 Å². The second kappa shape index (κ2) is 19.2. The number of carbonyl (C=O) groups excluding carboxylic acids is 6. The summed E-state index contributed by atoms with van der Waals surface area (Å²) in [5, 5.41) is 14.8.